The summed E-state index contributed by atoms with van der Waals surface area (Å²) < 4.78 is 79.9. The van der Waals surface area contributed by atoms with Crippen molar-refractivity contribution in [2.75, 3.05) is 0 Å². The molecule has 47 heavy (non-hydrogen) atoms. The minimum absolute atomic E-state index is 0.0148. The number of imidazole rings is 1. The van der Waals surface area contributed by atoms with Gasteiger partial charge in [0.2, 0.25) is 11.8 Å². The van der Waals surface area contributed by atoms with Gasteiger partial charge in [-0.25, -0.2) is 27.5 Å². The number of amides is 2. The molecule has 0 bridgehead atoms. The summed E-state index contributed by atoms with van der Waals surface area (Å²) in [5, 5.41) is 34.8. The number of nitrogens with zero attached hydrogens (tertiary/aromatic N) is 7. The van der Waals surface area contributed by atoms with Gasteiger partial charge < -0.3 is 15.7 Å². The molecule has 4 aromatic rings. The van der Waals surface area contributed by atoms with Crippen molar-refractivity contribution in [2.24, 2.45) is 11.3 Å². The Labute approximate surface area is 261 Å². The number of carbonyl (C=O) groups excluding carboxylic acids is 2. The van der Waals surface area contributed by atoms with Crippen LogP contribution >= 0.6 is 0 Å². The number of aliphatic hydroxyl groups is 1. The number of aliphatic hydroxyl groups excluding tert-OH is 1. The zero-order valence-corrected chi connectivity index (χ0v) is 24.5. The largest absolute Gasteiger partial charge is 0.408 e. The van der Waals surface area contributed by atoms with Gasteiger partial charge in [0.25, 0.3) is 5.91 Å². The molecule has 0 spiro atoms. The Kier molecular flexibility index (Phi) is 7.47. The lowest BCUT2D eigenvalue weighted by atomic mass is 9.73. The van der Waals surface area contributed by atoms with Gasteiger partial charge in [0.1, 0.15) is 23.5 Å². The highest BCUT2D eigenvalue weighted by Crippen LogP contribution is 2.48. The molecule has 4 atom stereocenters. The molecule has 7 rings (SSSR count). The second-order valence-electron chi connectivity index (χ2n) is 12.6. The van der Waals surface area contributed by atoms with Crippen LogP contribution in [0.25, 0.3) is 5.65 Å². The number of halogens is 5. The van der Waals surface area contributed by atoms with Gasteiger partial charge in [0, 0.05) is 18.8 Å². The Morgan fingerprint density at radius 2 is 1.87 bits per heavy atom. The van der Waals surface area contributed by atoms with E-state index in [1.165, 1.54) is 23.0 Å². The molecule has 5 heterocycles. The van der Waals surface area contributed by atoms with E-state index < -0.39 is 59.9 Å². The van der Waals surface area contributed by atoms with Gasteiger partial charge in [-0.15, -0.1) is 0 Å². The minimum atomic E-state index is -4.77. The Balaban J connectivity index is 1.20. The predicted molar refractivity (Wildman–Crippen MR) is 144 cm³/mol. The molecule has 2 saturated carbocycles. The highest BCUT2D eigenvalue weighted by atomic mass is 19.4. The quantitative estimate of drug-likeness (QED) is 0.223. The molecule has 3 aliphatic rings. The zero-order valence-electron chi connectivity index (χ0n) is 24.5. The van der Waals surface area contributed by atoms with Gasteiger partial charge in [0.15, 0.2) is 11.3 Å². The van der Waals surface area contributed by atoms with Crippen LogP contribution in [0, 0.1) is 11.3 Å². The van der Waals surface area contributed by atoms with Gasteiger partial charge in [-0.1, -0.05) is 15.5 Å². The number of fused-ring (bicyclic) bond motifs is 1. The fraction of sp³-hybridized carbons (Fsp3) is 0.571. The standard InChI is InChI=1S/C28H28F5N9O5/c29-27(30)5-3-15(4-6-27)20(38-24(44)22-21(14-1-2-14)40-47-41-22)17-12-42-19(36-17)7-13(10-34-42)8-26(23(43)16-11-35-46-39-16)9-18(28(31,32)33)37-25(26)45/h7,10-12,14-15,18,20,23,43H,1-6,8-9H2,(H,37,45)(H,38,44)/t18-,20-,23-,26-/m0/s1. The maximum absolute atomic E-state index is 14.1. The molecule has 0 unspecified atom stereocenters. The fourth-order valence-corrected chi connectivity index (χ4v) is 6.63. The van der Waals surface area contributed by atoms with Crippen LogP contribution in [0.15, 0.2) is 33.9 Å². The van der Waals surface area contributed by atoms with Crippen LogP contribution in [0.2, 0.25) is 0 Å². The van der Waals surface area contributed by atoms with E-state index in [9.17, 15) is 36.6 Å². The maximum Gasteiger partial charge on any atom is 0.408 e. The maximum atomic E-state index is 14.1. The molecule has 1 saturated heterocycles. The van der Waals surface area contributed by atoms with E-state index in [0.717, 1.165) is 19.0 Å². The van der Waals surface area contributed by atoms with E-state index >= 15 is 0 Å². The molecule has 3 N–H and O–H groups in total. The van der Waals surface area contributed by atoms with Crippen LogP contribution in [0.5, 0.6) is 0 Å². The SMILES string of the molecule is O=C(N[C@H](c1cn2ncc(C[C@@]3([C@@H](O)c4cnon4)C[C@@H](C(F)(F)F)NC3=O)cc2n1)C1CCC(F)(F)CC1)c1nonc1C1CC1. The topological polar surface area (TPSA) is 186 Å². The van der Waals surface area contributed by atoms with Crippen LogP contribution in [0.4, 0.5) is 22.0 Å². The third kappa shape index (κ3) is 5.91. The van der Waals surface area contributed by atoms with E-state index in [2.05, 4.69) is 40.7 Å². The highest BCUT2D eigenvalue weighted by Gasteiger charge is 2.59. The first kappa shape index (κ1) is 31.1. The highest BCUT2D eigenvalue weighted by molar-refractivity contribution is 5.93. The molecule has 250 valence electrons. The summed E-state index contributed by atoms with van der Waals surface area (Å²) in [4.78, 5) is 31.1. The van der Waals surface area contributed by atoms with Crippen LogP contribution < -0.4 is 10.6 Å². The number of nitrogens with one attached hydrogen (secondary N) is 2. The van der Waals surface area contributed by atoms with Crippen molar-refractivity contribution in [1.82, 2.24) is 45.9 Å². The van der Waals surface area contributed by atoms with E-state index in [-0.39, 0.29) is 60.6 Å². The first-order chi connectivity index (χ1) is 22.3. The number of aromatic nitrogens is 7. The molecule has 2 aliphatic carbocycles. The Bertz CT molecular complexity index is 1780. The first-order valence-electron chi connectivity index (χ1n) is 15.0. The summed E-state index contributed by atoms with van der Waals surface area (Å²) in [6, 6.07) is -1.55. The molecule has 19 heteroatoms. The van der Waals surface area contributed by atoms with Crippen molar-refractivity contribution in [3.63, 3.8) is 0 Å². The lowest BCUT2D eigenvalue weighted by Gasteiger charge is -2.33. The average Bonchev–Trinajstić information content (AvgIpc) is 3.43. The monoisotopic (exact) mass is 665 g/mol. The summed E-state index contributed by atoms with van der Waals surface area (Å²) in [5.41, 5.74) is -1.00. The second-order valence-corrected chi connectivity index (χ2v) is 12.6. The van der Waals surface area contributed by atoms with Crippen molar-refractivity contribution < 1.29 is 45.9 Å². The van der Waals surface area contributed by atoms with Crippen molar-refractivity contribution in [2.45, 2.75) is 87.6 Å². The lowest BCUT2D eigenvalue weighted by molar-refractivity contribution is -0.155. The fourth-order valence-electron chi connectivity index (χ4n) is 6.63. The van der Waals surface area contributed by atoms with E-state index in [1.807, 2.05) is 5.32 Å². The van der Waals surface area contributed by atoms with Crippen LogP contribution in [-0.4, -0.2) is 70.3 Å². The summed E-state index contributed by atoms with van der Waals surface area (Å²) in [6.45, 7) is 0. The molecule has 14 nitrogen and oxygen atoms in total. The molecule has 1 aliphatic heterocycles. The third-order valence-corrected chi connectivity index (χ3v) is 9.35. The van der Waals surface area contributed by atoms with Crippen molar-refractivity contribution in [3.05, 3.63) is 53.0 Å². The number of alkyl halides is 5. The number of rotatable bonds is 9. The number of hydrogen-bond acceptors (Lipinski definition) is 11. The van der Waals surface area contributed by atoms with Crippen molar-refractivity contribution in [1.29, 1.82) is 0 Å². The third-order valence-electron chi connectivity index (χ3n) is 9.35. The zero-order chi connectivity index (χ0) is 33.1. The van der Waals surface area contributed by atoms with Gasteiger partial charge in [-0.05, 0) is 61.2 Å². The molecule has 2 amide bonds. The molecule has 4 aromatic heterocycles. The van der Waals surface area contributed by atoms with Gasteiger partial charge in [-0.3, -0.25) is 9.59 Å². The number of hydrogen-bond donors (Lipinski definition) is 3. The Hall–Kier alpha value is -4.55. The molecular formula is C28H28F5N9O5. The molecule has 3 fully saturated rings. The van der Waals surface area contributed by atoms with E-state index in [0.29, 0.717) is 11.4 Å². The summed E-state index contributed by atoms with van der Waals surface area (Å²) >= 11 is 0. The van der Waals surface area contributed by atoms with Crippen molar-refractivity contribution in [3.8, 4) is 0 Å². The lowest BCUT2D eigenvalue weighted by Crippen LogP contribution is -2.40. The van der Waals surface area contributed by atoms with Crippen LogP contribution in [0.1, 0.15) is 96.1 Å². The molecule has 0 aromatic carbocycles. The van der Waals surface area contributed by atoms with E-state index in [4.69, 9.17) is 4.63 Å². The summed E-state index contributed by atoms with van der Waals surface area (Å²) in [6.07, 6.45) is -2.77. The first-order valence-corrected chi connectivity index (χ1v) is 15.0. The summed E-state index contributed by atoms with van der Waals surface area (Å²) in [7, 11) is 0. The van der Waals surface area contributed by atoms with Crippen LogP contribution in [-0.2, 0) is 11.2 Å². The Morgan fingerprint density at radius 1 is 1.11 bits per heavy atom. The van der Waals surface area contributed by atoms with E-state index in [1.54, 1.807) is 0 Å². The summed E-state index contributed by atoms with van der Waals surface area (Å²) in [5.74, 6) is -4.81. The van der Waals surface area contributed by atoms with Gasteiger partial charge in [-0.2, -0.15) is 18.3 Å². The smallest absolute Gasteiger partial charge is 0.385 e. The van der Waals surface area contributed by atoms with Crippen molar-refractivity contribution >= 4 is 17.5 Å². The molecule has 0 radical (unpaired) electrons. The second kappa shape index (κ2) is 11.3. The Morgan fingerprint density at radius 3 is 2.53 bits per heavy atom. The number of carbonyl (C=O) groups is 2. The normalized spacial score (nSPS) is 24.7. The van der Waals surface area contributed by atoms with Gasteiger partial charge in [0.05, 0.1) is 35.7 Å². The predicted octanol–water partition coefficient (Wildman–Crippen LogP) is 3.38. The molecular weight excluding hydrogens is 637 g/mol. The minimum Gasteiger partial charge on any atom is -0.385 e. The van der Waals surface area contributed by atoms with Crippen LogP contribution in [0.3, 0.4) is 0 Å². The van der Waals surface area contributed by atoms with Gasteiger partial charge >= 0.3 is 6.18 Å². The average molecular weight is 666 g/mol.